The van der Waals surface area contributed by atoms with E-state index in [4.69, 9.17) is 5.26 Å². The zero-order valence-corrected chi connectivity index (χ0v) is 2.39. The van der Waals surface area contributed by atoms with Crippen LogP contribution in [0.4, 0.5) is 0 Å². The normalized spacial score (nSPS) is 7.50. The highest BCUT2D eigenvalue weighted by atomic mass is 17.1. The fraction of sp³-hybridized carbons (Fsp3) is 0.500. The summed E-state index contributed by atoms with van der Waals surface area (Å²) >= 11 is 0. The third-order valence-electron chi connectivity index (χ3n) is 0.0962. The lowest BCUT2D eigenvalue weighted by atomic mass is 10.9. The van der Waals surface area contributed by atoms with Crippen LogP contribution < -0.4 is 5.26 Å². The SMILES string of the molecule is C[CH-]O[O-]. The Hall–Kier alpha value is -0.0800. The Morgan fingerprint density at radius 1 is 2.00 bits per heavy atom. The lowest BCUT2D eigenvalue weighted by molar-refractivity contribution is -0.674. The van der Waals surface area contributed by atoms with Gasteiger partial charge in [0.05, 0.1) is 0 Å². The summed E-state index contributed by atoms with van der Waals surface area (Å²) < 4.78 is 0. The molecule has 0 aromatic rings. The van der Waals surface area contributed by atoms with Crippen molar-refractivity contribution in [2.75, 3.05) is 0 Å². The van der Waals surface area contributed by atoms with Gasteiger partial charge in [-0.15, -0.1) is 0 Å². The predicted molar refractivity (Wildman–Crippen MR) is 11.1 cm³/mol. The number of hydrogen-bond acceptors (Lipinski definition) is 2. The molecule has 0 atom stereocenters. The maximum atomic E-state index is 8.74. The lowest BCUT2D eigenvalue weighted by Gasteiger charge is -2.11. The van der Waals surface area contributed by atoms with Crippen molar-refractivity contribution in [2.24, 2.45) is 0 Å². The Bertz CT molecular complexity index is 6.00. The molecule has 0 unspecified atom stereocenters. The van der Waals surface area contributed by atoms with E-state index in [0.717, 1.165) is 6.61 Å². The first-order valence-corrected chi connectivity index (χ1v) is 0.980. The molecule has 4 heavy (non-hydrogen) atoms. The van der Waals surface area contributed by atoms with Crippen LogP contribution >= 0.6 is 0 Å². The molecule has 0 heterocycles. The average Bonchev–Trinajstić information content (AvgIpc) is 1.37. The van der Waals surface area contributed by atoms with Gasteiger partial charge < -0.3 is 10.1 Å². The minimum Gasteiger partial charge on any atom is -0.759 e. The van der Waals surface area contributed by atoms with E-state index in [1.165, 1.54) is 6.92 Å². The zero-order valence-electron chi connectivity index (χ0n) is 2.39. The van der Waals surface area contributed by atoms with Crippen LogP contribution in [0, 0.1) is 6.61 Å². The van der Waals surface area contributed by atoms with Crippen LogP contribution in [0.3, 0.4) is 0 Å². The molecule has 2 nitrogen and oxygen atoms in total. The maximum Gasteiger partial charge on any atom is -0.170 e. The second kappa shape index (κ2) is 2.92. The van der Waals surface area contributed by atoms with Crippen LogP contribution in [0.15, 0.2) is 0 Å². The largest absolute Gasteiger partial charge is 0.759 e. The highest BCUT2D eigenvalue weighted by molar-refractivity contribution is 4.19. The molecule has 0 radical (unpaired) electrons. The predicted octanol–water partition coefficient (Wildman–Crippen LogP) is -0.540. The van der Waals surface area contributed by atoms with Gasteiger partial charge in [0.2, 0.25) is 0 Å². The van der Waals surface area contributed by atoms with Gasteiger partial charge in [0.1, 0.15) is 0 Å². The van der Waals surface area contributed by atoms with Gasteiger partial charge in [-0.05, 0) is 0 Å². The fourth-order valence-electron chi connectivity index (χ4n) is 0. The van der Waals surface area contributed by atoms with Gasteiger partial charge in [0.15, 0.2) is 0 Å². The fourth-order valence-corrected chi connectivity index (χ4v) is 0. The maximum absolute atomic E-state index is 8.74. The van der Waals surface area contributed by atoms with Crippen LogP contribution in [-0.2, 0) is 4.89 Å². The quantitative estimate of drug-likeness (QED) is 0.231. The molecule has 0 aliphatic rings. The van der Waals surface area contributed by atoms with Crippen molar-refractivity contribution in [3.05, 3.63) is 6.61 Å². The molecule has 0 rings (SSSR count). The molecule has 0 spiro atoms. The second-order valence-corrected chi connectivity index (χ2v) is 0.332. The zero-order chi connectivity index (χ0) is 3.41. The van der Waals surface area contributed by atoms with E-state index in [9.17, 15) is 0 Å². The summed E-state index contributed by atoms with van der Waals surface area (Å²) in [5, 5.41) is 8.74. The van der Waals surface area contributed by atoms with E-state index < -0.39 is 0 Å². The van der Waals surface area contributed by atoms with Gasteiger partial charge >= 0.3 is 0 Å². The first kappa shape index (κ1) is 3.92. The van der Waals surface area contributed by atoms with Gasteiger partial charge in [-0.2, -0.15) is 6.92 Å². The van der Waals surface area contributed by atoms with Gasteiger partial charge in [-0.1, -0.05) is 0 Å². The van der Waals surface area contributed by atoms with Crippen LogP contribution in [-0.4, -0.2) is 0 Å². The molecule has 0 fully saturated rings. The summed E-state index contributed by atoms with van der Waals surface area (Å²) in [6.45, 7) is 2.59. The van der Waals surface area contributed by atoms with E-state index >= 15 is 0 Å². The summed E-state index contributed by atoms with van der Waals surface area (Å²) in [6, 6.07) is 0. The summed E-state index contributed by atoms with van der Waals surface area (Å²) in [7, 11) is 0. The molecule has 26 valence electrons. The molecule has 0 aromatic heterocycles. The van der Waals surface area contributed by atoms with Crippen molar-refractivity contribution >= 4 is 0 Å². The van der Waals surface area contributed by atoms with Crippen LogP contribution in [0.25, 0.3) is 0 Å². The summed E-state index contributed by atoms with van der Waals surface area (Å²) in [6.07, 6.45) is 0. The standard InChI is InChI=1S/C2H5O2/c1-2-4-3/h2-3H,1H3/q-1/p-1. The molecule has 0 aliphatic heterocycles. The molecule has 0 aliphatic carbocycles. The van der Waals surface area contributed by atoms with Crippen molar-refractivity contribution in [3.8, 4) is 0 Å². The van der Waals surface area contributed by atoms with Crippen LogP contribution in [0.1, 0.15) is 6.92 Å². The van der Waals surface area contributed by atoms with Crippen molar-refractivity contribution in [1.82, 2.24) is 0 Å². The summed E-state index contributed by atoms with van der Waals surface area (Å²) in [5.74, 6) is 0. The van der Waals surface area contributed by atoms with Crippen LogP contribution in [0.5, 0.6) is 0 Å². The molecule has 0 saturated heterocycles. The number of hydrogen-bond donors (Lipinski definition) is 0. The Labute approximate surface area is 24.9 Å². The van der Waals surface area contributed by atoms with Gasteiger partial charge in [0.25, 0.3) is 0 Å². The second-order valence-electron chi connectivity index (χ2n) is 0.332. The lowest BCUT2D eigenvalue weighted by Crippen LogP contribution is -1.97. The molecule has 0 amide bonds. The Kier molecular flexibility index (Phi) is 2.86. The molecular formula is C2H4O2-2. The Balaban J connectivity index is 1.97. The van der Waals surface area contributed by atoms with E-state index in [0.29, 0.717) is 0 Å². The van der Waals surface area contributed by atoms with Crippen molar-refractivity contribution in [1.29, 1.82) is 0 Å². The minimum absolute atomic E-state index is 1.07. The molecule has 0 bridgehead atoms. The van der Waals surface area contributed by atoms with E-state index in [2.05, 4.69) is 4.89 Å². The first-order valence-electron chi connectivity index (χ1n) is 0.980. The number of rotatable bonds is 1. The van der Waals surface area contributed by atoms with Crippen LogP contribution in [0.2, 0.25) is 0 Å². The smallest absolute Gasteiger partial charge is 0.170 e. The van der Waals surface area contributed by atoms with E-state index in [-0.39, 0.29) is 0 Å². The highest BCUT2D eigenvalue weighted by Gasteiger charge is 1.23. The molecular weight excluding hydrogens is 56.0 g/mol. The minimum atomic E-state index is 1.07. The topological polar surface area (TPSA) is 32.3 Å². The van der Waals surface area contributed by atoms with Gasteiger partial charge in [0, 0.05) is 0 Å². The average molecular weight is 60.1 g/mol. The summed E-state index contributed by atoms with van der Waals surface area (Å²) in [5.41, 5.74) is 0. The third-order valence-corrected chi connectivity index (χ3v) is 0.0962. The van der Waals surface area contributed by atoms with E-state index in [1.807, 2.05) is 0 Å². The van der Waals surface area contributed by atoms with Gasteiger partial charge in [-0.25, -0.2) is 6.61 Å². The third kappa shape index (κ3) is 1.92. The molecule has 0 saturated carbocycles. The Morgan fingerprint density at radius 3 is 2.25 bits per heavy atom. The Morgan fingerprint density at radius 2 is 2.25 bits per heavy atom. The first-order chi connectivity index (χ1) is 1.91. The van der Waals surface area contributed by atoms with Gasteiger partial charge in [-0.3, -0.25) is 0 Å². The monoisotopic (exact) mass is 60.0 g/mol. The summed E-state index contributed by atoms with van der Waals surface area (Å²) in [4.78, 5) is 3.17. The molecule has 2 heteroatoms. The molecule has 0 aromatic carbocycles. The van der Waals surface area contributed by atoms with Crippen molar-refractivity contribution < 1.29 is 10.1 Å². The van der Waals surface area contributed by atoms with Crippen molar-refractivity contribution in [3.63, 3.8) is 0 Å². The highest BCUT2D eigenvalue weighted by Crippen LogP contribution is 1.57. The van der Waals surface area contributed by atoms with E-state index in [1.54, 1.807) is 0 Å². The molecule has 0 N–H and O–H groups in total. The van der Waals surface area contributed by atoms with Crippen molar-refractivity contribution in [2.45, 2.75) is 6.92 Å².